The smallest absolute Gasteiger partial charge is 0.251 e. The van der Waals surface area contributed by atoms with Gasteiger partial charge in [0, 0.05) is 24.2 Å². The van der Waals surface area contributed by atoms with E-state index >= 15 is 0 Å². The van der Waals surface area contributed by atoms with Gasteiger partial charge in [0.2, 0.25) is 0 Å². The Hall–Kier alpha value is -2.73. The van der Waals surface area contributed by atoms with E-state index in [0.717, 1.165) is 0 Å². The number of carbonyl (C=O) groups excluding carboxylic acids is 2. The van der Waals surface area contributed by atoms with Crippen molar-refractivity contribution in [3.8, 4) is 11.5 Å². The van der Waals surface area contributed by atoms with E-state index in [1.807, 2.05) is 13.0 Å². The molecule has 2 amide bonds. The number of nitrogens with one attached hydrogen (secondary N) is 2. The molecule has 0 aliphatic heterocycles. The molecule has 0 heterocycles. The van der Waals surface area contributed by atoms with Gasteiger partial charge in [-0.2, -0.15) is 0 Å². The quantitative estimate of drug-likeness (QED) is 0.694. The zero-order valence-electron chi connectivity index (χ0n) is 14.7. The van der Waals surface area contributed by atoms with Crippen LogP contribution in [0.5, 0.6) is 11.5 Å². The van der Waals surface area contributed by atoms with Crippen molar-refractivity contribution in [2.45, 2.75) is 6.92 Å². The van der Waals surface area contributed by atoms with Gasteiger partial charge in [0.25, 0.3) is 11.8 Å². The van der Waals surface area contributed by atoms with E-state index in [9.17, 15) is 9.59 Å². The highest BCUT2D eigenvalue weighted by molar-refractivity contribution is 6.32. The van der Waals surface area contributed by atoms with Crippen molar-refractivity contribution >= 4 is 23.4 Å². The van der Waals surface area contributed by atoms with E-state index in [1.165, 1.54) is 13.2 Å². The zero-order chi connectivity index (χ0) is 18.9. The third-order valence-electron chi connectivity index (χ3n) is 3.51. The molecule has 0 aliphatic rings. The second-order valence-corrected chi connectivity index (χ2v) is 5.71. The van der Waals surface area contributed by atoms with E-state index in [4.69, 9.17) is 21.1 Å². The molecular formula is C19H21ClN2O4. The van der Waals surface area contributed by atoms with Crippen LogP contribution in [0.25, 0.3) is 0 Å². The van der Waals surface area contributed by atoms with E-state index in [0.29, 0.717) is 40.8 Å². The summed E-state index contributed by atoms with van der Waals surface area (Å²) >= 11 is 6.16. The summed E-state index contributed by atoms with van der Waals surface area (Å²) in [5.41, 5.74) is 0.923. The molecule has 0 saturated heterocycles. The molecule has 0 spiro atoms. The van der Waals surface area contributed by atoms with Gasteiger partial charge in [-0.3, -0.25) is 9.59 Å². The summed E-state index contributed by atoms with van der Waals surface area (Å²) in [5, 5.41) is 5.77. The molecule has 0 unspecified atom stereocenters. The minimum absolute atomic E-state index is 0.189. The average molecular weight is 377 g/mol. The highest BCUT2D eigenvalue weighted by Gasteiger charge is 2.15. The summed E-state index contributed by atoms with van der Waals surface area (Å²) in [4.78, 5) is 24.2. The normalized spacial score (nSPS) is 10.1. The maximum atomic E-state index is 12.3. The lowest BCUT2D eigenvalue weighted by atomic mass is 10.2. The summed E-state index contributed by atoms with van der Waals surface area (Å²) in [6.45, 7) is 2.86. The lowest BCUT2D eigenvalue weighted by molar-refractivity contribution is 0.0927. The number of amides is 2. The maximum Gasteiger partial charge on any atom is 0.251 e. The molecule has 0 radical (unpaired) electrons. The van der Waals surface area contributed by atoms with Gasteiger partial charge in [-0.15, -0.1) is 0 Å². The number of hydrogen-bond donors (Lipinski definition) is 2. The van der Waals surface area contributed by atoms with Crippen molar-refractivity contribution in [3.63, 3.8) is 0 Å². The lowest BCUT2D eigenvalue weighted by Crippen LogP contribution is -2.34. The Labute approximate surface area is 157 Å². The molecule has 0 saturated carbocycles. The predicted molar refractivity (Wildman–Crippen MR) is 100 cm³/mol. The topological polar surface area (TPSA) is 76.7 Å². The van der Waals surface area contributed by atoms with Gasteiger partial charge < -0.3 is 20.1 Å². The van der Waals surface area contributed by atoms with E-state index in [-0.39, 0.29) is 18.4 Å². The molecule has 7 heteroatoms. The van der Waals surface area contributed by atoms with Crippen molar-refractivity contribution in [1.82, 2.24) is 10.6 Å². The molecule has 2 aromatic carbocycles. The highest BCUT2D eigenvalue weighted by Crippen LogP contribution is 2.36. The van der Waals surface area contributed by atoms with Crippen molar-refractivity contribution in [3.05, 3.63) is 58.6 Å². The van der Waals surface area contributed by atoms with Crippen LogP contribution in [0.4, 0.5) is 0 Å². The molecule has 0 aliphatic carbocycles. The summed E-state index contributed by atoms with van der Waals surface area (Å²) in [6, 6.07) is 12.0. The van der Waals surface area contributed by atoms with Crippen LogP contribution < -0.4 is 20.1 Å². The Morgan fingerprint density at radius 3 is 2.19 bits per heavy atom. The van der Waals surface area contributed by atoms with Crippen LogP contribution in [0.1, 0.15) is 27.6 Å². The van der Waals surface area contributed by atoms with Crippen LogP contribution in [0.2, 0.25) is 5.02 Å². The second-order valence-electron chi connectivity index (χ2n) is 5.30. The minimum atomic E-state index is -0.317. The number of methoxy groups -OCH3 is 1. The van der Waals surface area contributed by atoms with Crippen LogP contribution in [-0.4, -0.2) is 38.6 Å². The van der Waals surface area contributed by atoms with Gasteiger partial charge in [-0.25, -0.2) is 0 Å². The minimum Gasteiger partial charge on any atom is -0.493 e. The number of benzene rings is 2. The molecule has 0 bridgehead atoms. The first-order chi connectivity index (χ1) is 12.6. The van der Waals surface area contributed by atoms with Crippen LogP contribution in [0.15, 0.2) is 42.5 Å². The molecule has 138 valence electrons. The largest absolute Gasteiger partial charge is 0.493 e. The van der Waals surface area contributed by atoms with Gasteiger partial charge in [0.15, 0.2) is 11.5 Å². The number of carbonyl (C=O) groups is 2. The van der Waals surface area contributed by atoms with Gasteiger partial charge in [-0.05, 0) is 31.2 Å². The average Bonchev–Trinajstić information content (AvgIpc) is 2.67. The molecule has 0 aromatic heterocycles. The van der Waals surface area contributed by atoms with Crippen LogP contribution in [0, 0.1) is 0 Å². The van der Waals surface area contributed by atoms with Crippen molar-refractivity contribution in [2.75, 3.05) is 26.8 Å². The molecule has 6 nitrogen and oxygen atoms in total. The number of hydrogen-bond acceptors (Lipinski definition) is 4. The van der Waals surface area contributed by atoms with Gasteiger partial charge in [0.1, 0.15) is 0 Å². The fourth-order valence-corrected chi connectivity index (χ4v) is 2.55. The fraction of sp³-hybridized carbons (Fsp3) is 0.263. The first-order valence-corrected chi connectivity index (χ1v) is 8.56. The third-order valence-corrected chi connectivity index (χ3v) is 3.79. The summed E-state index contributed by atoms with van der Waals surface area (Å²) < 4.78 is 10.7. The molecule has 2 N–H and O–H groups in total. The maximum absolute atomic E-state index is 12.3. The van der Waals surface area contributed by atoms with Crippen LogP contribution in [-0.2, 0) is 0 Å². The first-order valence-electron chi connectivity index (χ1n) is 8.18. The summed E-state index contributed by atoms with van der Waals surface area (Å²) in [7, 11) is 1.48. The Morgan fingerprint density at radius 2 is 1.62 bits per heavy atom. The lowest BCUT2D eigenvalue weighted by Gasteiger charge is -2.13. The van der Waals surface area contributed by atoms with E-state index in [2.05, 4.69) is 10.6 Å². The van der Waals surface area contributed by atoms with Gasteiger partial charge in [-0.1, -0.05) is 29.8 Å². The molecule has 2 rings (SSSR count). The van der Waals surface area contributed by atoms with Crippen molar-refractivity contribution in [1.29, 1.82) is 0 Å². The SMILES string of the molecule is CCOc1c(Cl)cc(C(=O)NCCNC(=O)c2ccccc2)cc1OC. The van der Waals surface area contributed by atoms with E-state index < -0.39 is 0 Å². The van der Waals surface area contributed by atoms with Gasteiger partial charge in [0.05, 0.1) is 18.7 Å². The van der Waals surface area contributed by atoms with E-state index in [1.54, 1.807) is 30.3 Å². The van der Waals surface area contributed by atoms with Gasteiger partial charge >= 0.3 is 0 Å². The van der Waals surface area contributed by atoms with Crippen LogP contribution >= 0.6 is 11.6 Å². The Balaban J connectivity index is 1.90. The fourth-order valence-electron chi connectivity index (χ4n) is 2.28. The van der Waals surface area contributed by atoms with Crippen molar-refractivity contribution < 1.29 is 19.1 Å². The molecular weight excluding hydrogens is 356 g/mol. The number of rotatable bonds is 8. The van der Waals surface area contributed by atoms with Crippen molar-refractivity contribution in [2.24, 2.45) is 0 Å². The zero-order valence-corrected chi connectivity index (χ0v) is 15.4. The first kappa shape index (κ1) is 19.6. The van der Waals surface area contributed by atoms with Crippen LogP contribution in [0.3, 0.4) is 0 Å². The monoisotopic (exact) mass is 376 g/mol. The second kappa shape index (κ2) is 9.68. The summed E-state index contributed by atoms with van der Waals surface area (Å²) in [6.07, 6.45) is 0. The molecule has 2 aromatic rings. The number of halogens is 1. The molecule has 0 fully saturated rings. The highest BCUT2D eigenvalue weighted by atomic mass is 35.5. The summed E-state index contributed by atoms with van der Waals surface area (Å²) in [5.74, 6) is 0.290. The molecule has 26 heavy (non-hydrogen) atoms. The molecule has 0 atom stereocenters. The Bertz CT molecular complexity index is 766. The Kier molecular flexibility index (Phi) is 7.29. The predicted octanol–water partition coefficient (Wildman–Crippen LogP) is 2.91. The third kappa shape index (κ3) is 5.13. The number of ether oxygens (including phenoxy) is 2. The Morgan fingerprint density at radius 1 is 1.00 bits per heavy atom. The standard InChI is InChI=1S/C19H21ClN2O4/c1-3-26-17-15(20)11-14(12-16(17)25-2)19(24)22-10-9-21-18(23)13-7-5-4-6-8-13/h4-8,11-12H,3,9-10H2,1-2H3,(H,21,23)(H,22,24).